The fraction of sp³-hybridized carbons (Fsp3) is 0.859. The first kappa shape index (κ1) is 68.3. The highest BCUT2D eigenvalue weighted by Gasteiger charge is 2.28. The molecule has 5 N–H and O–H groups in total. The second-order valence-corrected chi connectivity index (χ2v) is 21.4. The summed E-state index contributed by atoms with van der Waals surface area (Å²) in [5, 5.41) is 44.0. The summed E-state index contributed by atoms with van der Waals surface area (Å²) in [4.78, 5) is 12.6. The van der Waals surface area contributed by atoms with Gasteiger partial charge in [0.05, 0.1) is 18.8 Å². The van der Waals surface area contributed by atoms with Gasteiger partial charge in [-0.2, -0.15) is 0 Å². The summed E-state index contributed by atoms with van der Waals surface area (Å²) in [6.07, 6.45) is 74.9. The van der Waals surface area contributed by atoms with Gasteiger partial charge >= 0.3 is 0 Å². The Hall–Kier alpha value is -1.73. The van der Waals surface area contributed by atoms with Crippen molar-refractivity contribution in [2.24, 2.45) is 0 Å². The van der Waals surface area contributed by atoms with E-state index in [-0.39, 0.29) is 0 Å². The van der Waals surface area contributed by atoms with Crippen LogP contribution < -0.4 is 5.32 Å². The van der Waals surface area contributed by atoms with Crippen molar-refractivity contribution < 1.29 is 25.2 Å². The van der Waals surface area contributed by atoms with Gasteiger partial charge in [-0.05, 0) is 83.5 Å². The van der Waals surface area contributed by atoms with Crippen LogP contribution in [-0.4, -0.2) is 57.3 Å². The minimum atomic E-state index is -1.30. The molecule has 0 saturated carbocycles. The molecule has 0 aromatic heterocycles. The highest BCUT2D eigenvalue weighted by molar-refractivity contribution is 5.80. The van der Waals surface area contributed by atoms with Crippen LogP contribution in [0.4, 0.5) is 0 Å². The van der Waals surface area contributed by atoms with Crippen LogP contribution in [0.1, 0.15) is 322 Å². The highest BCUT2D eigenvalue weighted by Crippen LogP contribution is 2.18. The molecule has 0 radical (unpaired) electrons. The van der Waals surface area contributed by atoms with E-state index in [9.17, 15) is 25.2 Å². The molecule has 0 bridgehead atoms. The van der Waals surface area contributed by atoms with Gasteiger partial charge in [0.2, 0.25) is 5.91 Å². The van der Waals surface area contributed by atoms with Crippen molar-refractivity contribution in [1.82, 2.24) is 5.32 Å². The molecule has 0 aromatic carbocycles. The molecule has 0 aromatic rings. The minimum absolute atomic E-state index is 0.347. The van der Waals surface area contributed by atoms with Crippen molar-refractivity contribution >= 4 is 5.91 Å². The average Bonchev–Trinajstić information content (AvgIpc) is 3.36. The van der Waals surface area contributed by atoms with Gasteiger partial charge in [0.25, 0.3) is 0 Å². The second kappa shape index (κ2) is 58.2. The van der Waals surface area contributed by atoms with E-state index < -0.39 is 36.9 Å². The summed E-state index contributed by atoms with van der Waals surface area (Å²) in [7, 11) is 0. The van der Waals surface area contributed by atoms with Crippen LogP contribution in [0.25, 0.3) is 0 Å². The summed E-state index contributed by atoms with van der Waals surface area (Å²) in [5.74, 6) is -0.603. The number of rotatable bonds is 57. The number of hydrogen-bond donors (Lipinski definition) is 5. The maximum Gasteiger partial charge on any atom is 0.249 e. The topological polar surface area (TPSA) is 110 Å². The molecule has 0 aliphatic rings. The van der Waals surface area contributed by atoms with E-state index in [1.165, 1.54) is 231 Å². The van der Waals surface area contributed by atoms with Crippen LogP contribution in [0.3, 0.4) is 0 Å². The normalized spacial score (nSPS) is 14.0. The molecule has 412 valence electrons. The Labute approximate surface area is 436 Å². The number of carbonyl (C=O) groups excluding carboxylic acids is 1. The lowest BCUT2D eigenvalue weighted by Crippen LogP contribution is -2.53. The van der Waals surface area contributed by atoms with Crippen LogP contribution in [0.2, 0.25) is 0 Å². The number of aliphatic hydroxyl groups excluding tert-OH is 4. The van der Waals surface area contributed by atoms with Gasteiger partial charge in [-0.15, -0.1) is 0 Å². The van der Waals surface area contributed by atoms with Crippen molar-refractivity contribution in [3.05, 3.63) is 48.6 Å². The Balaban J connectivity index is 3.66. The van der Waals surface area contributed by atoms with E-state index >= 15 is 0 Å². The van der Waals surface area contributed by atoms with Crippen molar-refractivity contribution in [2.75, 3.05) is 6.61 Å². The molecule has 0 aliphatic heterocycles. The van der Waals surface area contributed by atoms with Gasteiger partial charge in [-0.25, -0.2) is 0 Å². The predicted octanol–water partition coefficient (Wildman–Crippen LogP) is 18.5. The van der Waals surface area contributed by atoms with Gasteiger partial charge in [0, 0.05) is 0 Å². The van der Waals surface area contributed by atoms with Gasteiger partial charge in [-0.3, -0.25) is 4.79 Å². The smallest absolute Gasteiger partial charge is 0.249 e. The Bertz CT molecular complexity index is 1150. The third-order valence-electron chi connectivity index (χ3n) is 14.5. The van der Waals surface area contributed by atoms with Crippen LogP contribution >= 0.6 is 0 Å². The molecule has 0 heterocycles. The standard InChI is InChI=1S/C64H121NO5/c1-3-5-7-9-11-13-15-17-19-21-23-25-27-28-29-30-31-32-33-34-35-36-38-39-41-43-45-47-49-51-53-55-57-61(67)63(69)60(59-66)65-64(70)62(68)58-56-54-52-50-48-46-44-42-40-37-26-24-22-20-18-16-14-12-10-8-6-4-2/h24,26,40-43,49,51,60-63,66-69H,3-23,25,27-39,44-48,50,52-59H2,1-2H3,(H,65,70)/b26-24-,42-40-,43-41+,51-49+. The zero-order chi connectivity index (χ0) is 50.9. The molecule has 6 nitrogen and oxygen atoms in total. The first-order chi connectivity index (χ1) is 34.5. The fourth-order valence-electron chi connectivity index (χ4n) is 9.63. The second-order valence-electron chi connectivity index (χ2n) is 21.4. The summed E-state index contributed by atoms with van der Waals surface area (Å²) in [5.41, 5.74) is 0. The fourth-order valence-corrected chi connectivity index (χ4v) is 9.63. The number of amides is 1. The molecule has 4 atom stereocenters. The molecule has 0 rings (SSSR count). The van der Waals surface area contributed by atoms with Crippen molar-refractivity contribution in [2.45, 2.75) is 346 Å². The number of nitrogens with one attached hydrogen (secondary N) is 1. The monoisotopic (exact) mass is 984 g/mol. The minimum Gasteiger partial charge on any atom is -0.394 e. The van der Waals surface area contributed by atoms with Crippen LogP contribution in [0, 0.1) is 0 Å². The number of allylic oxidation sites excluding steroid dienone is 8. The van der Waals surface area contributed by atoms with Crippen LogP contribution in [0.5, 0.6) is 0 Å². The number of carbonyl (C=O) groups is 1. The molecule has 1 amide bonds. The lowest BCUT2D eigenvalue weighted by molar-refractivity contribution is -0.132. The van der Waals surface area contributed by atoms with Gasteiger partial charge in [0.1, 0.15) is 12.2 Å². The molecule has 70 heavy (non-hydrogen) atoms. The average molecular weight is 985 g/mol. The maximum atomic E-state index is 12.6. The molecule has 0 saturated heterocycles. The first-order valence-corrected chi connectivity index (χ1v) is 31.0. The number of unbranched alkanes of at least 4 members (excludes halogenated alkanes) is 40. The summed E-state index contributed by atoms with van der Waals surface area (Å²) < 4.78 is 0. The quantitative estimate of drug-likeness (QED) is 0.0308. The zero-order valence-corrected chi connectivity index (χ0v) is 46.8. The Morgan fingerprint density at radius 2 is 0.643 bits per heavy atom. The zero-order valence-electron chi connectivity index (χ0n) is 46.8. The molecule has 4 unspecified atom stereocenters. The van der Waals surface area contributed by atoms with Crippen molar-refractivity contribution in [1.29, 1.82) is 0 Å². The molecule has 0 spiro atoms. The summed E-state index contributed by atoms with van der Waals surface area (Å²) >= 11 is 0. The van der Waals surface area contributed by atoms with E-state index in [0.29, 0.717) is 19.3 Å². The molecule has 6 heteroatoms. The van der Waals surface area contributed by atoms with E-state index in [2.05, 4.69) is 67.8 Å². The lowest BCUT2D eigenvalue weighted by atomic mass is 10.00. The largest absolute Gasteiger partial charge is 0.394 e. The molecular weight excluding hydrogens is 863 g/mol. The van der Waals surface area contributed by atoms with Gasteiger partial charge < -0.3 is 25.7 Å². The summed E-state index contributed by atoms with van der Waals surface area (Å²) in [6.45, 7) is 4.07. The Morgan fingerprint density at radius 3 is 0.986 bits per heavy atom. The SMILES string of the molecule is CCCCCCCCCCC/C=C\C/C=C\CCCCCCCCC(O)C(=O)NC(CO)C(O)C(O)CCC/C=C/CC/C=C/CCCCCCCCCCCCCCCCCCCCCCCCC. The highest BCUT2D eigenvalue weighted by atomic mass is 16.3. The number of hydrogen-bond acceptors (Lipinski definition) is 5. The van der Waals surface area contributed by atoms with Gasteiger partial charge in [-0.1, -0.05) is 287 Å². The Morgan fingerprint density at radius 1 is 0.357 bits per heavy atom. The van der Waals surface area contributed by atoms with Crippen LogP contribution in [0.15, 0.2) is 48.6 Å². The number of aliphatic hydroxyl groups is 4. The van der Waals surface area contributed by atoms with E-state index in [1.807, 2.05) is 0 Å². The third kappa shape index (κ3) is 51.2. The van der Waals surface area contributed by atoms with E-state index in [1.54, 1.807) is 0 Å². The maximum absolute atomic E-state index is 12.6. The third-order valence-corrected chi connectivity index (χ3v) is 14.5. The van der Waals surface area contributed by atoms with Crippen LogP contribution in [-0.2, 0) is 4.79 Å². The first-order valence-electron chi connectivity index (χ1n) is 31.0. The van der Waals surface area contributed by atoms with E-state index in [0.717, 1.165) is 57.8 Å². The van der Waals surface area contributed by atoms with Gasteiger partial charge in [0.15, 0.2) is 0 Å². The molecule has 0 fully saturated rings. The molecule has 0 aliphatic carbocycles. The Kier molecular flexibility index (Phi) is 56.7. The molecular formula is C64H121NO5. The van der Waals surface area contributed by atoms with E-state index in [4.69, 9.17) is 0 Å². The predicted molar refractivity (Wildman–Crippen MR) is 307 cm³/mol. The van der Waals surface area contributed by atoms with Crippen molar-refractivity contribution in [3.8, 4) is 0 Å². The van der Waals surface area contributed by atoms with Crippen molar-refractivity contribution in [3.63, 3.8) is 0 Å². The lowest BCUT2D eigenvalue weighted by Gasteiger charge is -2.27. The summed E-state index contributed by atoms with van der Waals surface area (Å²) in [6, 6.07) is -1.02.